The predicted octanol–water partition coefficient (Wildman–Crippen LogP) is 1.77. The van der Waals surface area contributed by atoms with Crippen molar-refractivity contribution in [3.63, 3.8) is 0 Å². The number of aromatic nitrogens is 2. The second-order valence-corrected chi connectivity index (χ2v) is 6.62. The normalized spacial score (nSPS) is 17.2. The van der Waals surface area contributed by atoms with E-state index in [1.807, 2.05) is 23.6 Å². The molecule has 1 saturated heterocycles. The lowest BCUT2D eigenvalue weighted by Crippen LogP contribution is -2.44. The quantitative estimate of drug-likeness (QED) is 0.897. The summed E-state index contributed by atoms with van der Waals surface area (Å²) in [6.07, 6.45) is 3.75. The van der Waals surface area contributed by atoms with Crippen LogP contribution in [0.2, 0.25) is 0 Å². The Hall–Kier alpha value is -1.36. The lowest BCUT2D eigenvalue weighted by Gasteiger charge is -2.31. The maximum absolute atomic E-state index is 12.7. The van der Waals surface area contributed by atoms with Crippen LogP contribution in [0.5, 0.6) is 0 Å². The molecule has 20 heavy (non-hydrogen) atoms. The van der Waals surface area contributed by atoms with Gasteiger partial charge in [-0.2, -0.15) is 5.10 Å². The minimum Gasteiger partial charge on any atom is -0.339 e. The van der Waals surface area contributed by atoms with E-state index in [2.05, 4.69) is 31.2 Å². The van der Waals surface area contributed by atoms with E-state index in [1.165, 1.54) is 0 Å². The van der Waals surface area contributed by atoms with Crippen molar-refractivity contribution in [2.45, 2.75) is 52.1 Å². The van der Waals surface area contributed by atoms with Crippen LogP contribution in [0.1, 0.15) is 49.7 Å². The van der Waals surface area contributed by atoms with Crippen molar-refractivity contribution in [3.8, 4) is 0 Å². The van der Waals surface area contributed by atoms with Crippen molar-refractivity contribution in [3.05, 3.63) is 17.5 Å². The maximum atomic E-state index is 12.7. The fraction of sp³-hybridized carbons (Fsp3) is 0.733. The molecule has 0 bridgehead atoms. The van der Waals surface area contributed by atoms with Crippen LogP contribution >= 0.6 is 0 Å². The van der Waals surface area contributed by atoms with E-state index in [1.54, 1.807) is 6.20 Å². The molecule has 1 fully saturated rings. The summed E-state index contributed by atoms with van der Waals surface area (Å²) in [5.74, 6) is 0.0879. The zero-order chi connectivity index (χ0) is 14.9. The first kappa shape index (κ1) is 15.0. The van der Waals surface area contributed by atoms with Crippen LogP contribution in [0.25, 0.3) is 0 Å². The summed E-state index contributed by atoms with van der Waals surface area (Å²) in [5, 5.41) is 7.72. The van der Waals surface area contributed by atoms with Crippen molar-refractivity contribution in [2.75, 3.05) is 20.1 Å². The molecular formula is C15H26N4O. The fourth-order valence-corrected chi connectivity index (χ4v) is 2.85. The molecule has 0 unspecified atom stereocenters. The van der Waals surface area contributed by atoms with Gasteiger partial charge in [0.05, 0.1) is 17.3 Å². The molecule has 2 heterocycles. The third-order valence-electron chi connectivity index (χ3n) is 4.05. The number of nitrogens with one attached hydrogen (secondary N) is 1. The first-order valence-electron chi connectivity index (χ1n) is 7.35. The molecular weight excluding hydrogens is 252 g/mol. The molecule has 2 rings (SSSR count). The highest BCUT2D eigenvalue weighted by Crippen LogP contribution is 2.21. The highest BCUT2D eigenvalue weighted by Gasteiger charge is 2.27. The summed E-state index contributed by atoms with van der Waals surface area (Å²) in [7, 11) is 1.91. The molecule has 0 aromatic carbocycles. The van der Waals surface area contributed by atoms with Crippen molar-refractivity contribution in [1.29, 1.82) is 0 Å². The van der Waals surface area contributed by atoms with Crippen molar-refractivity contribution >= 4 is 5.91 Å². The van der Waals surface area contributed by atoms with Crippen molar-refractivity contribution < 1.29 is 4.79 Å². The second kappa shape index (κ2) is 5.56. The SMILES string of the molecule is Cc1c(C(=O)N(C)C2CCNCC2)cnn1C(C)(C)C. The van der Waals surface area contributed by atoms with Crippen molar-refractivity contribution in [1.82, 2.24) is 20.0 Å². The van der Waals surface area contributed by atoms with E-state index in [4.69, 9.17) is 0 Å². The van der Waals surface area contributed by atoms with Crippen LogP contribution < -0.4 is 5.32 Å². The van der Waals surface area contributed by atoms with E-state index in [0.29, 0.717) is 6.04 Å². The molecule has 0 aliphatic carbocycles. The molecule has 112 valence electrons. The molecule has 1 N–H and O–H groups in total. The third-order valence-corrected chi connectivity index (χ3v) is 4.05. The Morgan fingerprint density at radius 2 is 2.00 bits per heavy atom. The molecule has 0 atom stereocenters. The number of hydrogen-bond donors (Lipinski definition) is 1. The van der Waals surface area contributed by atoms with E-state index >= 15 is 0 Å². The van der Waals surface area contributed by atoms with Gasteiger partial charge in [0.2, 0.25) is 0 Å². The first-order chi connectivity index (χ1) is 9.32. The Morgan fingerprint density at radius 3 is 2.50 bits per heavy atom. The number of rotatable bonds is 2. The molecule has 0 radical (unpaired) electrons. The number of hydrogen-bond acceptors (Lipinski definition) is 3. The number of nitrogens with zero attached hydrogens (tertiary/aromatic N) is 3. The van der Waals surface area contributed by atoms with Gasteiger partial charge in [0.15, 0.2) is 0 Å². The van der Waals surface area contributed by atoms with Gasteiger partial charge in [-0.25, -0.2) is 0 Å². The van der Waals surface area contributed by atoms with Crippen LogP contribution in [0.4, 0.5) is 0 Å². The predicted molar refractivity (Wildman–Crippen MR) is 79.9 cm³/mol. The minimum absolute atomic E-state index is 0.0879. The number of carbonyl (C=O) groups excluding carboxylic acids is 1. The zero-order valence-corrected chi connectivity index (χ0v) is 13.2. The zero-order valence-electron chi connectivity index (χ0n) is 13.2. The monoisotopic (exact) mass is 278 g/mol. The number of amides is 1. The Kier molecular flexibility index (Phi) is 4.18. The average Bonchev–Trinajstić information content (AvgIpc) is 2.80. The van der Waals surface area contributed by atoms with Crippen molar-refractivity contribution in [2.24, 2.45) is 0 Å². The molecule has 0 saturated carbocycles. The highest BCUT2D eigenvalue weighted by atomic mass is 16.2. The molecule has 1 aliphatic rings. The van der Waals surface area contributed by atoms with Gasteiger partial charge in [-0.15, -0.1) is 0 Å². The van der Waals surface area contributed by atoms with Gasteiger partial charge in [0.1, 0.15) is 0 Å². The topological polar surface area (TPSA) is 50.2 Å². The van der Waals surface area contributed by atoms with Gasteiger partial charge in [0, 0.05) is 18.8 Å². The number of piperidine rings is 1. The summed E-state index contributed by atoms with van der Waals surface area (Å²) in [6, 6.07) is 0.334. The molecule has 1 amide bonds. The summed E-state index contributed by atoms with van der Waals surface area (Å²) in [6.45, 7) is 10.2. The van der Waals surface area contributed by atoms with E-state index in [9.17, 15) is 4.79 Å². The molecule has 1 aromatic rings. The standard InChI is InChI=1S/C15H26N4O/c1-11-13(10-17-19(11)15(2,3)4)14(20)18(5)12-6-8-16-9-7-12/h10,12,16H,6-9H2,1-5H3. The maximum Gasteiger partial charge on any atom is 0.257 e. The lowest BCUT2D eigenvalue weighted by molar-refractivity contribution is 0.0702. The van der Waals surface area contributed by atoms with Gasteiger partial charge < -0.3 is 10.2 Å². The van der Waals surface area contributed by atoms with Gasteiger partial charge in [-0.1, -0.05) is 0 Å². The Balaban J connectivity index is 2.19. The van der Waals surface area contributed by atoms with Gasteiger partial charge in [0.25, 0.3) is 5.91 Å². The molecule has 0 spiro atoms. The molecule has 5 nitrogen and oxygen atoms in total. The van der Waals surface area contributed by atoms with Crippen LogP contribution in [0, 0.1) is 6.92 Å². The van der Waals surface area contributed by atoms with E-state index < -0.39 is 0 Å². The Morgan fingerprint density at radius 1 is 1.40 bits per heavy atom. The fourth-order valence-electron chi connectivity index (χ4n) is 2.85. The van der Waals surface area contributed by atoms with Gasteiger partial charge >= 0.3 is 0 Å². The molecule has 1 aromatic heterocycles. The summed E-state index contributed by atoms with van der Waals surface area (Å²) >= 11 is 0. The average molecular weight is 278 g/mol. The molecule has 1 aliphatic heterocycles. The number of carbonyl (C=O) groups is 1. The minimum atomic E-state index is -0.101. The molecule has 5 heteroatoms. The highest BCUT2D eigenvalue weighted by molar-refractivity contribution is 5.95. The summed E-state index contributed by atoms with van der Waals surface area (Å²) in [4.78, 5) is 14.5. The summed E-state index contributed by atoms with van der Waals surface area (Å²) < 4.78 is 1.93. The summed E-state index contributed by atoms with van der Waals surface area (Å²) in [5.41, 5.74) is 1.57. The largest absolute Gasteiger partial charge is 0.339 e. The van der Waals surface area contributed by atoms with Crippen LogP contribution in [-0.4, -0.2) is 46.8 Å². The Bertz CT molecular complexity index is 481. The van der Waals surface area contributed by atoms with Gasteiger partial charge in [-0.05, 0) is 53.6 Å². The Labute approximate surface area is 121 Å². The third kappa shape index (κ3) is 2.87. The smallest absolute Gasteiger partial charge is 0.257 e. The second-order valence-electron chi connectivity index (χ2n) is 6.62. The van der Waals surface area contributed by atoms with E-state index in [0.717, 1.165) is 37.2 Å². The van der Waals surface area contributed by atoms with Gasteiger partial charge in [-0.3, -0.25) is 9.48 Å². The van der Waals surface area contributed by atoms with Crippen LogP contribution in [0.15, 0.2) is 6.20 Å². The van der Waals surface area contributed by atoms with Crippen LogP contribution in [0.3, 0.4) is 0 Å². The van der Waals surface area contributed by atoms with E-state index in [-0.39, 0.29) is 11.4 Å². The lowest BCUT2D eigenvalue weighted by atomic mass is 10.0. The first-order valence-corrected chi connectivity index (χ1v) is 7.35. The van der Waals surface area contributed by atoms with Crippen LogP contribution in [-0.2, 0) is 5.54 Å².